The minimum atomic E-state index is -0.231. The van der Waals surface area contributed by atoms with Gasteiger partial charge in [0.25, 0.3) is 0 Å². The molecule has 1 saturated heterocycles. The first kappa shape index (κ1) is 25.3. The highest BCUT2D eigenvalue weighted by Gasteiger charge is 2.23. The zero-order valence-electron chi connectivity index (χ0n) is 22.2. The van der Waals surface area contributed by atoms with Crippen molar-refractivity contribution < 1.29 is 4.39 Å². The Hall–Kier alpha value is -4.34. The monoisotopic (exact) mass is 513 g/mol. The fourth-order valence-corrected chi connectivity index (χ4v) is 4.67. The number of benzene rings is 1. The lowest BCUT2D eigenvalue weighted by Crippen LogP contribution is -2.47. The molecule has 0 amide bonds. The van der Waals surface area contributed by atoms with E-state index >= 15 is 0 Å². The van der Waals surface area contributed by atoms with Crippen molar-refractivity contribution in [3.8, 4) is 11.1 Å². The molecule has 38 heavy (non-hydrogen) atoms. The zero-order chi connectivity index (χ0) is 26.6. The Bertz CT molecular complexity index is 1480. The van der Waals surface area contributed by atoms with Gasteiger partial charge in [0.15, 0.2) is 5.82 Å². The second-order valence-corrected chi connectivity index (χ2v) is 9.11. The van der Waals surface area contributed by atoms with Gasteiger partial charge in [-0.2, -0.15) is 10.2 Å². The molecule has 5 aromatic rings. The van der Waals surface area contributed by atoms with Gasteiger partial charge in [-0.3, -0.25) is 4.68 Å². The summed E-state index contributed by atoms with van der Waals surface area (Å²) < 4.78 is 16.9. The Morgan fingerprint density at radius 2 is 1.47 bits per heavy atom. The summed E-state index contributed by atoms with van der Waals surface area (Å²) in [5, 5.41) is 8.68. The van der Waals surface area contributed by atoms with Crippen LogP contribution in [0.3, 0.4) is 0 Å². The van der Waals surface area contributed by atoms with Gasteiger partial charge in [0, 0.05) is 75.1 Å². The average Bonchev–Trinajstić information content (AvgIpc) is 3.60. The zero-order valence-corrected chi connectivity index (χ0v) is 22.2. The summed E-state index contributed by atoms with van der Waals surface area (Å²) in [6.45, 7) is 9.26. The summed E-state index contributed by atoms with van der Waals surface area (Å²) in [5.41, 5.74) is 5.12. The lowest BCUT2D eigenvalue weighted by atomic mass is 9.95. The highest BCUT2D eigenvalue weighted by molar-refractivity contribution is 5.77. The SMILES string of the molecule is CC.CC(c1ccc(F)cc1)c1cnc(N2CCN(c3ncnn4cc(-c5cnn(C)c5)cc34)CC2)nc1. The van der Waals surface area contributed by atoms with Crippen LogP contribution >= 0.6 is 0 Å². The smallest absolute Gasteiger partial charge is 0.225 e. The van der Waals surface area contributed by atoms with Crippen LogP contribution < -0.4 is 9.80 Å². The van der Waals surface area contributed by atoms with E-state index in [0.29, 0.717) is 0 Å². The molecule has 9 nitrogen and oxygen atoms in total. The number of nitrogens with zero attached hydrogens (tertiary/aromatic N) is 9. The molecule has 1 fully saturated rings. The van der Waals surface area contributed by atoms with Crippen LogP contribution in [-0.4, -0.2) is 60.5 Å². The largest absolute Gasteiger partial charge is 0.351 e. The van der Waals surface area contributed by atoms with Gasteiger partial charge in [-0.15, -0.1) is 0 Å². The minimum absolute atomic E-state index is 0.0928. The van der Waals surface area contributed by atoms with Gasteiger partial charge in [-0.1, -0.05) is 32.9 Å². The number of piperazine rings is 1. The highest BCUT2D eigenvalue weighted by atomic mass is 19.1. The Labute approximate surface area is 221 Å². The van der Waals surface area contributed by atoms with Crippen molar-refractivity contribution in [3.63, 3.8) is 0 Å². The third-order valence-corrected chi connectivity index (χ3v) is 6.81. The van der Waals surface area contributed by atoms with Crippen molar-refractivity contribution in [2.75, 3.05) is 36.0 Å². The molecular weight excluding hydrogens is 481 g/mol. The molecule has 0 bridgehead atoms. The first-order valence-corrected chi connectivity index (χ1v) is 12.9. The van der Waals surface area contributed by atoms with Crippen LogP contribution in [0.4, 0.5) is 16.2 Å². The van der Waals surface area contributed by atoms with Crippen LogP contribution in [0.15, 0.2) is 67.6 Å². The number of halogens is 1. The number of aryl methyl sites for hydroxylation is 1. The molecule has 0 spiro atoms. The van der Waals surface area contributed by atoms with E-state index in [1.54, 1.807) is 11.0 Å². The van der Waals surface area contributed by atoms with E-state index in [0.717, 1.165) is 65.7 Å². The van der Waals surface area contributed by atoms with Crippen molar-refractivity contribution in [1.29, 1.82) is 0 Å². The number of rotatable bonds is 5. The normalized spacial score (nSPS) is 14.3. The van der Waals surface area contributed by atoms with Crippen LogP contribution in [0.5, 0.6) is 0 Å². The first-order chi connectivity index (χ1) is 18.5. The van der Waals surface area contributed by atoms with E-state index in [1.807, 2.05) is 68.5 Å². The summed E-state index contributed by atoms with van der Waals surface area (Å²) >= 11 is 0. The fourth-order valence-electron chi connectivity index (χ4n) is 4.67. The lowest BCUT2D eigenvalue weighted by molar-refractivity contribution is 0.626. The molecule has 0 saturated carbocycles. The summed E-state index contributed by atoms with van der Waals surface area (Å²) in [6.07, 6.45) is 11.2. The lowest BCUT2D eigenvalue weighted by Gasteiger charge is -2.35. The molecule has 1 aromatic carbocycles. The molecule has 196 valence electrons. The van der Waals surface area contributed by atoms with Crippen LogP contribution in [0, 0.1) is 5.82 Å². The molecule has 0 N–H and O–H groups in total. The molecule has 10 heteroatoms. The number of aromatic nitrogens is 7. The molecule has 0 radical (unpaired) electrons. The molecule has 0 aliphatic carbocycles. The topological polar surface area (TPSA) is 80.3 Å². The summed E-state index contributed by atoms with van der Waals surface area (Å²) in [4.78, 5) is 18.4. The molecule has 4 aromatic heterocycles. The maximum atomic E-state index is 13.3. The third-order valence-electron chi connectivity index (χ3n) is 6.81. The van der Waals surface area contributed by atoms with E-state index in [4.69, 9.17) is 0 Å². The third kappa shape index (κ3) is 5.06. The Morgan fingerprint density at radius 1 is 0.789 bits per heavy atom. The first-order valence-electron chi connectivity index (χ1n) is 12.9. The fraction of sp³-hybridized carbons (Fsp3) is 0.321. The molecular formula is C28H32FN9. The Balaban J connectivity index is 0.00000144. The second kappa shape index (κ2) is 11.0. The molecule has 1 aliphatic rings. The van der Waals surface area contributed by atoms with E-state index in [1.165, 1.54) is 12.1 Å². The quantitative estimate of drug-likeness (QED) is 0.341. The number of fused-ring (bicyclic) bond motifs is 1. The average molecular weight is 514 g/mol. The standard InChI is InChI=1S/C26H26FN9.C2H6/c1-18(19-3-5-23(27)6-4-19)21-12-28-26(29-13-21)35-9-7-34(8-10-35)25-24-11-20(16-36(24)32-17-30-25)22-14-31-33(2)15-22;1-2/h3-6,11-18H,7-10H2,1-2H3;1-2H3. The Morgan fingerprint density at radius 3 is 2.13 bits per heavy atom. The van der Waals surface area contributed by atoms with E-state index in [-0.39, 0.29) is 11.7 Å². The summed E-state index contributed by atoms with van der Waals surface area (Å²) in [6, 6.07) is 8.70. The van der Waals surface area contributed by atoms with Gasteiger partial charge in [-0.25, -0.2) is 23.9 Å². The van der Waals surface area contributed by atoms with Crippen molar-refractivity contribution in [2.45, 2.75) is 26.7 Å². The van der Waals surface area contributed by atoms with Gasteiger partial charge in [0.1, 0.15) is 17.7 Å². The molecule has 6 rings (SSSR count). The predicted molar refractivity (Wildman–Crippen MR) is 147 cm³/mol. The van der Waals surface area contributed by atoms with Gasteiger partial charge < -0.3 is 9.80 Å². The van der Waals surface area contributed by atoms with Crippen molar-refractivity contribution >= 4 is 17.3 Å². The van der Waals surface area contributed by atoms with Gasteiger partial charge >= 0.3 is 0 Å². The predicted octanol–water partition coefficient (Wildman–Crippen LogP) is 4.56. The summed E-state index contributed by atoms with van der Waals surface area (Å²) in [5.74, 6) is 1.50. The second-order valence-electron chi connectivity index (χ2n) is 9.11. The molecule has 1 aliphatic heterocycles. The Kier molecular flexibility index (Phi) is 7.30. The van der Waals surface area contributed by atoms with Crippen molar-refractivity contribution in [1.82, 2.24) is 34.3 Å². The number of anilines is 2. The van der Waals surface area contributed by atoms with Crippen LogP contribution in [0.25, 0.3) is 16.6 Å². The maximum absolute atomic E-state index is 13.3. The number of hydrogen-bond donors (Lipinski definition) is 0. The highest BCUT2D eigenvalue weighted by Crippen LogP contribution is 2.28. The van der Waals surface area contributed by atoms with Crippen molar-refractivity contribution in [3.05, 3.63) is 84.6 Å². The van der Waals surface area contributed by atoms with Gasteiger partial charge in [0.05, 0.1) is 6.20 Å². The molecule has 1 unspecified atom stereocenters. The van der Waals surface area contributed by atoms with Crippen molar-refractivity contribution in [2.24, 2.45) is 7.05 Å². The van der Waals surface area contributed by atoms with E-state index in [2.05, 4.69) is 47.9 Å². The number of hydrogen-bond acceptors (Lipinski definition) is 7. The van der Waals surface area contributed by atoms with Crippen LogP contribution in [-0.2, 0) is 7.05 Å². The van der Waals surface area contributed by atoms with Gasteiger partial charge in [-0.05, 0) is 29.3 Å². The summed E-state index contributed by atoms with van der Waals surface area (Å²) in [7, 11) is 1.91. The molecule has 5 heterocycles. The maximum Gasteiger partial charge on any atom is 0.225 e. The van der Waals surface area contributed by atoms with E-state index < -0.39 is 0 Å². The molecule has 1 atom stereocenters. The van der Waals surface area contributed by atoms with Crippen LogP contribution in [0.1, 0.15) is 37.8 Å². The van der Waals surface area contributed by atoms with E-state index in [9.17, 15) is 4.39 Å². The van der Waals surface area contributed by atoms with Crippen LogP contribution in [0.2, 0.25) is 0 Å². The minimum Gasteiger partial charge on any atom is -0.351 e. The van der Waals surface area contributed by atoms with Gasteiger partial charge in [0.2, 0.25) is 5.95 Å².